The molecule has 0 N–H and O–H groups in total. The van der Waals surface area contributed by atoms with Crippen LogP contribution in [-0.4, -0.2) is 8.42 Å². The Morgan fingerprint density at radius 1 is 0.875 bits per heavy atom. The van der Waals surface area contributed by atoms with Crippen LogP contribution < -0.4 is 8.16 Å². The summed E-state index contributed by atoms with van der Waals surface area (Å²) in [4.78, 5) is 0. The number of benzene rings is 1. The molecule has 0 atom stereocenters. The maximum Gasteiger partial charge on any atom is 0.565 e. The number of pyridine rings is 1. The lowest BCUT2D eigenvalue weighted by molar-refractivity contribution is -0.518. The molecule has 0 aliphatic heterocycles. The predicted molar refractivity (Wildman–Crippen MR) is 58.0 cm³/mol. The van der Waals surface area contributed by atoms with Crippen LogP contribution in [0.25, 0.3) is 0 Å². The fourth-order valence-corrected chi connectivity index (χ4v) is 2.05. The van der Waals surface area contributed by atoms with E-state index < -0.39 is 10.3 Å². The summed E-state index contributed by atoms with van der Waals surface area (Å²) in [5.74, 6) is 0.291. The van der Waals surface area contributed by atoms with E-state index in [1.807, 2.05) is 0 Å². The van der Waals surface area contributed by atoms with Gasteiger partial charge in [0.2, 0.25) is 0 Å². The van der Waals surface area contributed by atoms with Gasteiger partial charge in [0, 0.05) is 12.1 Å². The van der Waals surface area contributed by atoms with Crippen LogP contribution in [-0.2, 0) is 10.3 Å². The molecule has 4 nitrogen and oxygen atoms in total. The Morgan fingerprint density at radius 2 is 1.44 bits per heavy atom. The van der Waals surface area contributed by atoms with Crippen molar-refractivity contribution >= 4 is 10.3 Å². The molecule has 0 amide bonds. The van der Waals surface area contributed by atoms with E-state index in [-0.39, 0.29) is 0 Å². The Balaban J connectivity index is 2.29. The largest absolute Gasteiger partial charge is 0.565 e. The molecule has 82 valence electrons. The van der Waals surface area contributed by atoms with Crippen LogP contribution in [0.1, 0.15) is 0 Å². The average molecular weight is 236 g/mol. The molecule has 2 aromatic rings. The zero-order chi connectivity index (χ0) is 11.4. The average Bonchev–Trinajstić information content (AvgIpc) is 2.31. The minimum Gasteiger partial charge on any atom is -0.334 e. The van der Waals surface area contributed by atoms with E-state index in [0.717, 1.165) is 3.97 Å². The Bertz CT molecular complexity index is 552. The first-order chi connectivity index (χ1) is 7.68. The normalized spacial score (nSPS) is 11.0. The highest BCUT2D eigenvalue weighted by Crippen LogP contribution is 2.10. The summed E-state index contributed by atoms with van der Waals surface area (Å²) in [5, 5.41) is 0. The van der Waals surface area contributed by atoms with E-state index in [4.69, 9.17) is 4.18 Å². The number of hydrogen-bond acceptors (Lipinski definition) is 3. The lowest BCUT2D eigenvalue weighted by atomic mass is 10.3. The fourth-order valence-electron chi connectivity index (χ4n) is 1.17. The van der Waals surface area contributed by atoms with Crippen molar-refractivity contribution < 1.29 is 16.6 Å². The molecule has 0 saturated heterocycles. The molecule has 0 aliphatic carbocycles. The summed E-state index contributed by atoms with van der Waals surface area (Å²) in [6, 6.07) is 13.3. The van der Waals surface area contributed by atoms with Gasteiger partial charge in [-0.05, 0) is 12.1 Å². The zero-order valence-electron chi connectivity index (χ0n) is 8.35. The van der Waals surface area contributed by atoms with Crippen molar-refractivity contribution in [2.75, 3.05) is 0 Å². The molecule has 0 unspecified atom stereocenters. The van der Waals surface area contributed by atoms with Gasteiger partial charge in [-0.1, -0.05) is 28.2 Å². The number of aromatic nitrogens is 1. The Labute approximate surface area is 94.0 Å². The summed E-state index contributed by atoms with van der Waals surface area (Å²) in [7, 11) is -3.80. The predicted octanol–water partition coefficient (Wildman–Crippen LogP) is 1.15. The monoisotopic (exact) mass is 236 g/mol. The summed E-state index contributed by atoms with van der Waals surface area (Å²) < 4.78 is 29.4. The number of nitrogens with zero attached hydrogens (tertiary/aromatic N) is 1. The zero-order valence-corrected chi connectivity index (χ0v) is 9.17. The SMILES string of the molecule is O=S(=O)(Oc1ccccc1)[n+]1ccccc1. The third-order valence-corrected chi connectivity index (χ3v) is 3.05. The molecule has 5 heteroatoms. The molecular formula is C11H10NO3S+. The van der Waals surface area contributed by atoms with Gasteiger partial charge in [-0.15, -0.1) is 8.42 Å². The van der Waals surface area contributed by atoms with Crippen LogP contribution in [0, 0.1) is 0 Å². The highest BCUT2D eigenvalue weighted by atomic mass is 32.2. The van der Waals surface area contributed by atoms with Gasteiger partial charge >= 0.3 is 10.3 Å². The van der Waals surface area contributed by atoms with Gasteiger partial charge < -0.3 is 4.18 Å². The first-order valence-electron chi connectivity index (χ1n) is 4.65. The number of para-hydroxylation sites is 1. The molecule has 0 saturated carbocycles. The van der Waals surface area contributed by atoms with Crippen LogP contribution in [0.4, 0.5) is 0 Å². The number of hydrogen-bond donors (Lipinski definition) is 0. The molecule has 1 aromatic heterocycles. The van der Waals surface area contributed by atoms with Crippen molar-refractivity contribution in [2.45, 2.75) is 0 Å². The minimum absolute atomic E-state index is 0.291. The molecule has 0 spiro atoms. The van der Waals surface area contributed by atoms with Crippen LogP contribution >= 0.6 is 0 Å². The Morgan fingerprint density at radius 3 is 2.06 bits per heavy atom. The molecule has 0 radical (unpaired) electrons. The highest BCUT2D eigenvalue weighted by Gasteiger charge is 2.23. The van der Waals surface area contributed by atoms with E-state index in [0.29, 0.717) is 5.75 Å². The minimum atomic E-state index is -3.80. The molecule has 0 fully saturated rings. The van der Waals surface area contributed by atoms with Gasteiger partial charge in [0.25, 0.3) is 0 Å². The van der Waals surface area contributed by atoms with E-state index >= 15 is 0 Å². The van der Waals surface area contributed by atoms with Crippen molar-refractivity contribution in [3.63, 3.8) is 0 Å². The maximum atomic E-state index is 11.7. The molecule has 1 heterocycles. The summed E-state index contributed by atoms with van der Waals surface area (Å²) in [6.45, 7) is 0. The Hall–Kier alpha value is -1.88. The van der Waals surface area contributed by atoms with E-state index in [9.17, 15) is 8.42 Å². The summed E-state index contributed by atoms with van der Waals surface area (Å²) >= 11 is 0. The molecule has 1 aromatic carbocycles. The molecule has 16 heavy (non-hydrogen) atoms. The molecular weight excluding hydrogens is 226 g/mol. The van der Waals surface area contributed by atoms with Crippen molar-refractivity contribution in [3.8, 4) is 5.75 Å². The van der Waals surface area contributed by atoms with Gasteiger partial charge in [-0.25, -0.2) is 0 Å². The second-order valence-corrected chi connectivity index (χ2v) is 4.50. The van der Waals surface area contributed by atoms with Crippen molar-refractivity contribution in [1.82, 2.24) is 0 Å². The lowest BCUT2D eigenvalue weighted by Gasteiger charge is -2.00. The summed E-state index contributed by atoms with van der Waals surface area (Å²) in [5.41, 5.74) is 0. The third kappa shape index (κ3) is 2.38. The second-order valence-electron chi connectivity index (χ2n) is 3.06. The van der Waals surface area contributed by atoms with Crippen LogP contribution in [0.2, 0.25) is 0 Å². The van der Waals surface area contributed by atoms with E-state index in [2.05, 4.69) is 0 Å². The first-order valence-corrected chi connectivity index (χ1v) is 6.01. The van der Waals surface area contributed by atoms with Gasteiger partial charge in [-0.2, -0.15) is 0 Å². The standard InChI is InChI=1S/C11H10NO3S/c13-16(14,12-9-5-2-6-10-12)15-11-7-3-1-4-8-11/h1-10H/q+1. The van der Waals surface area contributed by atoms with Crippen molar-refractivity contribution in [3.05, 3.63) is 60.9 Å². The van der Waals surface area contributed by atoms with Gasteiger partial charge in [0.05, 0.1) is 0 Å². The topological polar surface area (TPSA) is 47.3 Å². The smallest absolute Gasteiger partial charge is 0.334 e. The fraction of sp³-hybridized carbons (Fsp3) is 0. The molecule has 0 bridgehead atoms. The third-order valence-electron chi connectivity index (χ3n) is 1.89. The molecule has 0 aliphatic rings. The van der Waals surface area contributed by atoms with Crippen LogP contribution in [0.3, 0.4) is 0 Å². The van der Waals surface area contributed by atoms with E-state index in [1.165, 1.54) is 12.4 Å². The van der Waals surface area contributed by atoms with Gasteiger partial charge in [0.15, 0.2) is 12.4 Å². The van der Waals surface area contributed by atoms with E-state index in [1.54, 1.807) is 48.5 Å². The highest BCUT2D eigenvalue weighted by molar-refractivity contribution is 7.80. The van der Waals surface area contributed by atoms with Crippen LogP contribution in [0.15, 0.2) is 60.9 Å². The second kappa shape index (κ2) is 4.32. The summed E-state index contributed by atoms with van der Waals surface area (Å²) in [6.07, 6.45) is 2.83. The molecule has 2 rings (SSSR count). The van der Waals surface area contributed by atoms with Crippen LogP contribution in [0.5, 0.6) is 5.75 Å². The first kappa shape index (κ1) is 10.6. The van der Waals surface area contributed by atoms with Crippen molar-refractivity contribution in [1.29, 1.82) is 0 Å². The maximum absolute atomic E-state index is 11.7. The van der Waals surface area contributed by atoms with Gasteiger partial charge in [0.1, 0.15) is 5.75 Å². The quantitative estimate of drug-likeness (QED) is 0.751. The lowest BCUT2D eigenvalue weighted by Crippen LogP contribution is -2.44. The van der Waals surface area contributed by atoms with Crippen molar-refractivity contribution in [2.24, 2.45) is 0 Å². The Kier molecular flexibility index (Phi) is 2.87. The number of rotatable bonds is 3. The van der Waals surface area contributed by atoms with Gasteiger partial charge in [-0.3, -0.25) is 0 Å².